The minimum atomic E-state index is -0.800. The van der Waals surface area contributed by atoms with E-state index in [0.29, 0.717) is 18.7 Å². The molecule has 2 unspecified atom stereocenters. The largest absolute Gasteiger partial charge is 0.376 e. The Morgan fingerprint density at radius 1 is 1.39 bits per heavy atom. The summed E-state index contributed by atoms with van der Waals surface area (Å²) in [6.45, 7) is 3.34. The van der Waals surface area contributed by atoms with Crippen molar-refractivity contribution in [2.45, 2.75) is 38.3 Å². The highest BCUT2D eigenvalue weighted by atomic mass is 19.2. The molecule has 4 heteroatoms. The molecule has 1 aliphatic rings. The second-order valence-electron chi connectivity index (χ2n) is 4.58. The maximum Gasteiger partial charge on any atom is 0.163 e. The highest BCUT2D eigenvalue weighted by Crippen LogP contribution is 2.28. The van der Waals surface area contributed by atoms with Crippen LogP contribution in [0.2, 0.25) is 0 Å². The summed E-state index contributed by atoms with van der Waals surface area (Å²) >= 11 is 0. The van der Waals surface area contributed by atoms with Gasteiger partial charge >= 0.3 is 0 Å². The smallest absolute Gasteiger partial charge is 0.163 e. The highest BCUT2D eigenvalue weighted by molar-refractivity contribution is 5.23. The van der Waals surface area contributed by atoms with E-state index >= 15 is 0 Å². The lowest BCUT2D eigenvalue weighted by Crippen LogP contribution is -2.36. The molecule has 1 saturated heterocycles. The number of rotatable bonds is 4. The molecule has 100 valence electrons. The Kier molecular flexibility index (Phi) is 4.66. The van der Waals surface area contributed by atoms with Gasteiger partial charge in [0.1, 0.15) is 0 Å². The van der Waals surface area contributed by atoms with Crippen LogP contribution in [0.15, 0.2) is 18.2 Å². The zero-order valence-electron chi connectivity index (χ0n) is 10.6. The molecule has 1 heterocycles. The molecule has 0 aliphatic carbocycles. The number of benzene rings is 1. The first kappa shape index (κ1) is 13.4. The van der Waals surface area contributed by atoms with Gasteiger partial charge in [0.15, 0.2) is 11.6 Å². The fourth-order valence-electron chi connectivity index (χ4n) is 2.45. The van der Waals surface area contributed by atoms with Crippen molar-refractivity contribution < 1.29 is 13.5 Å². The van der Waals surface area contributed by atoms with Crippen LogP contribution in [0, 0.1) is 11.6 Å². The summed E-state index contributed by atoms with van der Waals surface area (Å²) in [5.74, 6) is -1.57. The second-order valence-corrected chi connectivity index (χ2v) is 4.58. The van der Waals surface area contributed by atoms with Crippen molar-refractivity contribution >= 4 is 0 Å². The number of ether oxygens (including phenoxy) is 1. The van der Waals surface area contributed by atoms with Crippen molar-refractivity contribution in [2.24, 2.45) is 0 Å². The predicted molar refractivity (Wildman–Crippen MR) is 66.4 cm³/mol. The number of hydrogen-bond acceptors (Lipinski definition) is 2. The molecule has 2 rings (SSSR count). The Hall–Kier alpha value is -1.00. The fraction of sp³-hybridized carbons (Fsp3) is 0.571. The van der Waals surface area contributed by atoms with Crippen molar-refractivity contribution in [3.8, 4) is 0 Å². The number of likely N-dealkylation sites (N-methyl/N-ethyl adjacent to an activating group) is 1. The Labute approximate surface area is 106 Å². The van der Waals surface area contributed by atoms with Gasteiger partial charge in [-0.25, -0.2) is 8.78 Å². The molecule has 1 fully saturated rings. The van der Waals surface area contributed by atoms with Crippen molar-refractivity contribution in [1.82, 2.24) is 5.32 Å². The molecule has 1 N–H and O–H groups in total. The van der Waals surface area contributed by atoms with Crippen molar-refractivity contribution in [2.75, 3.05) is 13.2 Å². The average molecular weight is 255 g/mol. The minimum absolute atomic E-state index is 0.0741. The van der Waals surface area contributed by atoms with Crippen molar-refractivity contribution in [1.29, 1.82) is 0 Å². The molecule has 0 saturated carbocycles. The third-order valence-electron chi connectivity index (χ3n) is 3.33. The molecule has 1 aromatic rings. The molecule has 0 bridgehead atoms. The molecule has 0 spiro atoms. The number of halogens is 2. The van der Waals surface area contributed by atoms with Gasteiger partial charge < -0.3 is 10.1 Å². The maximum atomic E-state index is 13.9. The third-order valence-corrected chi connectivity index (χ3v) is 3.33. The molecule has 0 radical (unpaired) electrons. The second kappa shape index (κ2) is 6.25. The molecule has 0 aromatic heterocycles. The van der Waals surface area contributed by atoms with Crippen LogP contribution in [0.5, 0.6) is 0 Å². The van der Waals surface area contributed by atoms with E-state index in [-0.39, 0.29) is 12.1 Å². The average Bonchev–Trinajstić information content (AvgIpc) is 2.41. The molecule has 2 nitrogen and oxygen atoms in total. The van der Waals surface area contributed by atoms with Crippen LogP contribution in [0.3, 0.4) is 0 Å². The quantitative estimate of drug-likeness (QED) is 0.892. The van der Waals surface area contributed by atoms with Crippen molar-refractivity contribution in [3.05, 3.63) is 35.4 Å². The van der Waals surface area contributed by atoms with Gasteiger partial charge in [0.05, 0.1) is 12.1 Å². The van der Waals surface area contributed by atoms with Crippen LogP contribution in [0.4, 0.5) is 8.78 Å². The molecule has 2 atom stereocenters. The van der Waals surface area contributed by atoms with Gasteiger partial charge in [-0.05, 0) is 31.9 Å². The van der Waals surface area contributed by atoms with E-state index in [1.54, 1.807) is 12.1 Å². The van der Waals surface area contributed by atoms with Gasteiger partial charge in [-0.1, -0.05) is 19.1 Å². The molecule has 18 heavy (non-hydrogen) atoms. The van der Waals surface area contributed by atoms with Gasteiger partial charge in [-0.3, -0.25) is 0 Å². The summed E-state index contributed by atoms with van der Waals surface area (Å²) < 4.78 is 32.9. The fourth-order valence-corrected chi connectivity index (χ4v) is 2.45. The highest BCUT2D eigenvalue weighted by Gasteiger charge is 2.28. The van der Waals surface area contributed by atoms with Gasteiger partial charge in [0.2, 0.25) is 0 Å². The van der Waals surface area contributed by atoms with Crippen LogP contribution in [0.1, 0.15) is 37.8 Å². The summed E-state index contributed by atoms with van der Waals surface area (Å²) in [5, 5.41) is 3.20. The summed E-state index contributed by atoms with van der Waals surface area (Å²) in [5.41, 5.74) is 0.365. The van der Waals surface area contributed by atoms with Crippen LogP contribution < -0.4 is 5.32 Å². The van der Waals surface area contributed by atoms with Gasteiger partial charge in [0.25, 0.3) is 0 Å². The van der Waals surface area contributed by atoms with E-state index in [2.05, 4.69) is 5.32 Å². The zero-order valence-corrected chi connectivity index (χ0v) is 10.6. The monoisotopic (exact) mass is 255 g/mol. The first-order valence-corrected chi connectivity index (χ1v) is 6.53. The lowest BCUT2D eigenvalue weighted by Gasteiger charge is -2.31. The Morgan fingerprint density at radius 3 is 2.89 bits per heavy atom. The summed E-state index contributed by atoms with van der Waals surface area (Å²) in [4.78, 5) is 0. The summed E-state index contributed by atoms with van der Waals surface area (Å²) in [7, 11) is 0. The van der Waals surface area contributed by atoms with E-state index in [4.69, 9.17) is 4.74 Å². The summed E-state index contributed by atoms with van der Waals surface area (Å²) in [6, 6.07) is 4.04. The van der Waals surface area contributed by atoms with E-state index in [0.717, 1.165) is 25.3 Å². The number of hydrogen-bond donors (Lipinski definition) is 1. The van der Waals surface area contributed by atoms with Crippen LogP contribution in [-0.4, -0.2) is 19.3 Å². The Balaban J connectivity index is 2.25. The normalized spacial score (nSPS) is 21.8. The standard InChI is InChI=1S/C14H19F2NO/c1-2-17-14(12-8-3-4-9-18-12)10-6-5-7-11(15)13(10)16/h5-7,12,14,17H,2-4,8-9H2,1H3. The van der Waals surface area contributed by atoms with E-state index in [1.807, 2.05) is 6.92 Å². The van der Waals surface area contributed by atoms with Gasteiger partial charge in [-0.2, -0.15) is 0 Å². The zero-order chi connectivity index (χ0) is 13.0. The third kappa shape index (κ3) is 2.87. The SMILES string of the molecule is CCNC(c1cccc(F)c1F)C1CCCCO1. The molecular formula is C14H19F2NO. The minimum Gasteiger partial charge on any atom is -0.376 e. The van der Waals surface area contributed by atoms with E-state index in [9.17, 15) is 8.78 Å². The predicted octanol–water partition coefficient (Wildman–Crippen LogP) is 3.18. The first-order chi connectivity index (χ1) is 8.74. The lowest BCUT2D eigenvalue weighted by molar-refractivity contribution is -0.00867. The molecule has 1 aromatic carbocycles. The molecular weight excluding hydrogens is 236 g/mol. The molecule has 1 aliphatic heterocycles. The van der Waals surface area contributed by atoms with Crippen LogP contribution in [-0.2, 0) is 4.74 Å². The lowest BCUT2D eigenvalue weighted by atomic mass is 9.95. The Morgan fingerprint density at radius 2 is 2.22 bits per heavy atom. The topological polar surface area (TPSA) is 21.3 Å². The van der Waals surface area contributed by atoms with Gasteiger partial charge in [0, 0.05) is 12.2 Å². The van der Waals surface area contributed by atoms with E-state index < -0.39 is 11.6 Å². The van der Waals surface area contributed by atoms with E-state index in [1.165, 1.54) is 0 Å². The first-order valence-electron chi connectivity index (χ1n) is 6.53. The number of nitrogens with one attached hydrogen (secondary N) is 1. The van der Waals surface area contributed by atoms with Crippen LogP contribution >= 0.6 is 0 Å². The Bertz CT molecular complexity index is 391. The van der Waals surface area contributed by atoms with Crippen LogP contribution in [0.25, 0.3) is 0 Å². The maximum absolute atomic E-state index is 13.9. The molecule has 0 amide bonds. The van der Waals surface area contributed by atoms with Crippen molar-refractivity contribution in [3.63, 3.8) is 0 Å². The van der Waals surface area contributed by atoms with Gasteiger partial charge in [-0.15, -0.1) is 0 Å². The summed E-state index contributed by atoms with van der Waals surface area (Å²) in [6.07, 6.45) is 2.92.